The van der Waals surface area contributed by atoms with E-state index in [1.54, 1.807) is 25.3 Å². The fourth-order valence-electron chi connectivity index (χ4n) is 2.41. The van der Waals surface area contributed by atoms with E-state index in [-0.39, 0.29) is 18.8 Å². The first-order valence-electron chi connectivity index (χ1n) is 7.41. The van der Waals surface area contributed by atoms with Crippen LogP contribution in [0, 0.1) is 0 Å². The number of carbonyl (C=O) groups excluding carboxylic acids is 2. The number of Topliss-reactive ketones (excluding diaryl/α,β-unsaturated/α-hetero) is 1. The lowest BCUT2D eigenvalue weighted by atomic mass is 10.1. The molecule has 0 aliphatic carbocycles. The van der Waals surface area contributed by atoms with Crippen LogP contribution in [0.15, 0.2) is 54.7 Å². The number of aromatic nitrogens is 2. The topological polar surface area (TPSA) is 61.2 Å². The molecule has 0 bridgehead atoms. The molecule has 116 valence electrons. The van der Waals surface area contributed by atoms with Gasteiger partial charge in [-0.1, -0.05) is 18.2 Å². The Morgan fingerprint density at radius 3 is 2.57 bits per heavy atom. The number of para-hydroxylation sites is 1. The molecule has 0 saturated heterocycles. The average Bonchev–Trinajstić information content (AvgIpc) is 2.99. The Balaban J connectivity index is 1.82. The van der Waals surface area contributed by atoms with E-state index < -0.39 is 5.97 Å². The van der Waals surface area contributed by atoms with Gasteiger partial charge in [0.15, 0.2) is 5.78 Å². The van der Waals surface area contributed by atoms with E-state index in [1.165, 1.54) is 0 Å². The molecular weight excluding hydrogens is 292 g/mol. The van der Waals surface area contributed by atoms with E-state index in [9.17, 15) is 9.59 Å². The van der Waals surface area contributed by atoms with Gasteiger partial charge in [-0.2, -0.15) is 5.10 Å². The largest absolute Gasteiger partial charge is 0.466 e. The van der Waals surface area contributed by atoms with E-state index in [0.717, 1.165) is 16.6 Å². The number of nitrogens with zero attached hydrogens (tertiary/aromatic N) is 2. The van der Waals surface area contributed by atoms with Crippen LogP contribution in [-0.4, -0.2) is 28.1 Å². The third-order valence-electron chi connectivity index (χ3n) is 3.52. The van der Waals surface area contributed by atoms with Crippen LogP contribution in [0.25, 0.3) is 16.6 Å². The van der Waals surface area contributed by atoms with E-state index in [2.05, 4.69) is 5.10 Å². The lowest BCUT2D eigenvalue weighted by Crippen LogP contribution is -2.11. The Morgan fingerprint density at radius 1 is 1.09 bits per heavy atom. The highest BCUT2D eigenvalue weighted by molar-refractivity contribution is 6.06. The Labute approximate surface area is 133 Å². The van der Waals surface area contributed by atoms with Crippen LogP contribution in [0.5, 0.6) is 0 Å². The molecule has 5 heteroatoms. The van der Waals surface area contributed by atoms with Crippen LogP contribution in [-0.2, 0) is 9.53 Å². The zero-order valence-electron chi connectivity index (χ0n) is 12.7. The molecule has 3 rings (SSSR count). The quantitative estimate of drug-likeness (QED) is 0.413. The highest BCUT2D eigenvalue weighted by atomic mass is 16.5. The van der Waals surface area contributed by atoms with Gasteiger partial charge in [0.2, 0.25) is 0 Å². The second kappa shape index (κ2) is 6.44. The normalized spacial score (nSPS) is 10.7. The van der Waals surface area contributed by atoms with Gasteiger partial charge >= 0.3 is 5.97 Å². The molecule has 23 heavy (non-hydrogen) atoms. The number of benzene rings is 2. The maximum absolute atomic E-state index is 12.0. The highest BCUT2D eigenvalue weighted by Crippen LogP contribution is 2.18. The standard InChI is InChI=1S/C18H16N2O3/c1-2-23-18(22)11-17(21)13-7-9-15(10-8-13)20-16-6-4-3-5-14(16)12-19-20/h3-10,12H,2,11H2,1H3. The lowest BCUT2D eigenvalue weighted by molar-refractivity contribution is -0.141. The van der Waals surface area contributed by atoms with Crippen molar-refractivity contribution in [2.75, 3.05) is 6.61 Å². The number of fused-ring (bicyclic) bond motifs is 1. The highest BCUT2D eigenvalue weighted by Gasteiger charge is 2.13. The molecule has 0 fully saturated rings. The van der Waals surface area contributed by atoms with Gasteiger partial charge in [0.05, 0.1) is 24.0 Å². The molecule has 3 aromatic rings. The molecule has 0 aliphatic heterocycles. The minimum Gasteiger partial charge on any atom is -0.466 e. The maximum Gasteiger partial charge on any atom is 0.313 e. The van der Waals surface area contributed by atoms with Crippen LogP contribution < -0.4 is 0 Å². The maximum atomic E-state index is 12.0. The Hall–Kier alpha value is -2.95. The fourth-order valence-corrected chi connectivity index (χ4v) is 2.41. The summed E-state index contributed by atoms with van der Waals surface area (Å²) in [4.78, 5) is 23.4. The van der Waals surface area contributed by atoms with Gasteiger partial charge in [-0.15, -0.1) is 0 Å². The van der Waals surface area contributed by atoms with Crippen molar-refractivity contribution in [1.29, 1.82) is 0 Å². The van der Waals surface area contributed by atoms with Gasteiger partial charge in [0.25, 0.3) is 0 Å². The number of rotatable bonds is 5. The summed E-state index contributed by atoms with van der Waals surface area (Å²) in [5.74, 6) is -0.750. The van der Waals surface area contributed by atoms with E-state index in [0.29, 0.717) is 5.56 Å². The summed E-state index contributed by atoms with van der Waals surface area (Å²) in [5, 5.41) is 5.42. The van der Waals surface area contributed by atoms with Crippen LogP contribution in [0.3, 0.4) is 0 Å². The molecule has 0 spiro atoms. The number of ketones is 1. The summed E-state index contributed by atoms with van der Waals surface area (Å²) in [6.07, 6.45) is 1.56. The van der Waals surface area contributed by atoms with Crippen LogP contribution in [0.2, 0.25) is 0 Å². The van der Waals surface area contributed by atoms with E-state index in [1.807, 2.05) is 41.1 Å². The SMILES string of the molecule is CCOC(=O)CC(=O)c1ccc(-n2ncc3ccccc32)cc1. The second-order valence-corrected chi connectivity index (χ2v) is 5.07. The van der Waals surface area contributed by atoms with E-state index in [4.69, 9.17) is 4.74 Å². The lowest BCUT2D eigenvalue weighted by Gasteiger charge is -2.05. The molecule has 0 radical (unpaired) electrons. The molecule has 5 nitrogen and oxygen atoms in total. The van der Waals surface area contributed by atoms with Crippen molar-refractivity contribution in [3.05, 3.63) is 60.3 Å². The minimum atomic E-state index is -0.500. The minimum absolute atomic E-state index is 0.238. The Bertz CT molecular complexity index is 850. The smallest absolute Gasteiger partial charge is 0.313 e. The average molecular weight is 308 g/mol. The van der Waals surface area contributed by atoms with Crippen molar-refractivity contribution in [2.45, 2.75) is 13.3 Å². The van der Waals surface area contributed by atoms with Gasteiger partial charge < -0.3 is 4.74 Å². The summed E-state index contributed by atoms with van der Waals surface area (Å²) in [6.45, 7) is 1.99. The summed E-state index contributed by atoms with van der Waals surface area (Å²) in [7, 11) is 0. The van der Waals surface area contributed by atoms with Crippen LogP contribution >= 0.6 is 0 Å². The third-order valence-corrected chi connectivity index (χ3v) is 3.52. The molecule has 0 unspecified atom stereocenters. The van der Waals surface area contributed by atoms with Crippen molar-refractivity contribution < 1.29 is 14.3 Å². The molecule has 0 amide bonds. The first-order valence-corrected chi connectivity index (χ1v) is 7.41. The number of ether oxygens (including phenoxy) is 1. The molecule has 1 aromatic heterocycles. The number of esters is 1. The van der Waals surface area contributed by atoms with Gasteiger partial charge in [-0.25, -0.2) is 4.68 Å². The first kappa shape index (κ1) is 15.0. The predicted molar refractivity (Wildman–Crippen MR) is 86.7 cm³/mol. The van der Waals surface area contributed by atoms with Gasteiger partial charge in [-0.05, 0) is 37.3 Å². The summed E-state index contributed by atoms with van der Waals surface area (Å²) in [6, 6.07) is 14.9. The summed E-state index contributed by atoms with van der Waals surface area (Å²) < 4.78 is 6.61. The van der Waals surface area contributed by atoms with Crippen molar-refractivity contribution in [3.63, 3.8) is 0 Å². The molecule has 0 aliphatic rings. The Morgan fingerprint density at radius 2 is 1.83 bits per heavy atom. The van der Waals surface area contributed by atoms with E-state index >= 15 is 0 Å². The number of hydrogen-bond donors (Lipinski definition) is 0. The van der Waals surface area contributed by atoms with Gasteiger partial charge in [0.1, 0.15) is 6.42 Å². The zero-order valence-corrected chi connectivity index (χ0v) is 12.7. The number of hydrogen-bond acceptors (Lipinski definition) is 4. The van der Waals surface area contributed by atoms with Crippen molar-refractivity contribution >= 4 is 22.7 Å². The molecule has 2 aromatic carbocycles. The molecule has 0 atom stereocenters. The first-order chi connectivity index (χ1) is 11.2. The molecular formula is C18H16N2O3. The second-order valence-electron chi connectivity index (χ2n) is 5.07. The van der Waals surface area contributed by atoms with Gasteiger partial charge in [-0.3, -0.25) is 9.59 Å². The summed E-state index contributed by atoms with van der Waals surface area (Å²) in [5.41, 5.74) is 2.34. The monoisotopic (exact) mass is 308 g/mol. The molecule has 0 N–H and O–H groups in total. The summed E-state index contributed by atoms with van der Waals surface area (Å²) >= 11 is 0. The number of carbonyl (C=O) groups is 2. The third kappa shape index (κ3) is 3.13. The fraction of sp³-hybridized carbons (Fsp3) is 0.167. The molecule has 0 saturated carbocycles. The van der Waals surface area contributed by atoms with Crippen molar-refractivity contribution in [1.82, 2.24) is 9.78 Å². The van der Waals surface area contributed by atoms with Crippen LogP contribution in [0.4, 0.5) is 0 Å². The predicted octanol–water partition coefficient (Wildman–Crippen LogP) is 3.16. The zero-order chi connectivity index (χ0) is 16.2. The molecule has 1 heterocycles. The van der Waals surface area contributed by atoms with Crippen LogP contribution in [0.1, 0.15) is 23.7 Å². The van der Waals surface area contributed by atoms with Crippen molar-refractivity contribution in [2.24, 2.45) is 0 Å². The Kier molecular flexibility index (Phi) is 4.19. The van der Waals surface area contributed by atoms with Crippen molar-refractivity contribution in [3.8, 4) is 5.69 Å². The van der Waals surface area contributed by atoms with Gasteiger partial charge in [0, 0.05) is 10.9 Å².